The zero-order valence-corrected chi connectivity index (χ0v) is 46.5. The molecule has 0 amide bonds. The monoisotopic (exact) mass is 1000 g/mol. The predicted octanol–water partition coefficient (Wildman–Crippen LogP) is 21.7. The summed E-state index contributed by atoms with van der Waals surface area (Å²) < 4.78 is 24.8. The van der Waals surface area contributed by atoms with Gasteiger partial charge in [-0.3, -0.25) is 13.6 Å². The Bertz CT molecular complexity index is 1870. The fourth-order valence-electron chi connectivity index (χ4n) is 11.0. The zero-order chi connectivity index (χ0) is 51.0. The molecular weight excluding hydrogens is 908 g/mol. The smallest absolute Gasteiger partial charge is 0.296 e. The van der Waals surface area contributed by atoms with Crippen LogP contribution in [0, 0.1) is 0 Å². The van der Waals surface area contributed by atoms with Crippen LogP contribution in [-0.2, 0) is 30.4 Å². The molecule has 0 saturated heterocycles. The SMILES string of the molecule is CCCCCCCCCCC(OP(OC(CCCCCCCCCC)(c1ccccc1)c1ccccc1)OC(CCCCCCCCCC)(c1ccccc1)c1ccccc1)(c1ccccc1)c1ccccc1. The van der Waals surface area contributed by atoms with Gasteiger partial charge in [0.2, 0.25) is 0 Å². The highest BCUT2D eigenvalue weighted by Gasteiger charge is 2.48. The van der Waals surface area contributed by atoms with Crippen LogP contribution in [0.1, 0.15) is 228 Å². The molecule has 0 spiro atoms. The maximum Gasteiger partial charge on any atom is 0.336 e. The second-order valence-corrected chi connectivity index (χ2v) is 21.8. The van der Waals surface area contributed by atoms with E-state index in [-0.39, 0.29) is 0 Å². The van der Waals surface area contributed by atoms with Gasteiger partial charge in [-0.2, -0.15) is 0 Å². The van der Waals surface area contributed by atoms with E-state index in [9.17, 15) is 0 Å². The Balaban J connectivity index is 1.53. The van der Waals surface area contributed by atoms with Crippen LogP contribution in [0.3, 0.4) is 0 Å². The first kappa shape index (κ1) is 57.9. The third kappa shape index (κ3) is 17.9. The molecule has 3 nitrogen and oxygen atoms in total. The maximum absolute atomic E-state index is 8.25. The number of benzene rings is 6. The molecule has 6 rings (SSSR count). The second kappa shape index (κ2) is 33.5. The van der Waals surface area contributed by atoms with Crippen LogP contribution in [-0.4, -0.2) is 0 Å². The average Bonchev–Trinajstić information content (AvgIpc) is 3.45. The van der Waals surface area contributed by atoms with Gasteiger partial charge in [-0.05, 0) is 71.9 Å². The Hall–Kier alpha value is -4.37. The summed E-state index contributed by atoms with van der Waals surface area (Å²) in [6.07, 6.45) is 32.0. The Morgan fingerprint density at radius 3 is 0.575 bits per heavy atom. The molecule has 0 N–H and O–H groups in total. The lowest BCUT2D eigenvalue weighted by Gasteiger charge is -2.45. The first-order valence-corrected chi connectivity index (χ1v) is 30.4. The molecule has 73 heavy (non-hydrogen) atoms. The van der Waals surface area contributed by atoms with Gasteiger partial charge in [0.05, 0.1) is 0 Å². The lowest BCUT2D eigenvalue weighted by Crippen LogP contribution is -2.37. The first-order chi connectivity index (χ1) is 36.1. The van der Waals surface area contributed by atoms with E-state index in [0.29, 0.717) is 0 Å². The topological polar surface area (TPSA) is 27.7 Å². The molecule has 0 atom stereocenters. The minimum absolute atomic E-state index is 0.797. The van der Waals surface area contributed by atoms with E-state index >= 15 is 0 Å². The summed E-state index contributed by atoms with van der Waals surface area (Å²) in [5.74, 6) is 0. The molecule has 0 fully saturated rings. The van der Waals surface area contributed by atoms with Gasteiger partial charge in [0.15, 0.2) is 0 Å². The minimum Gasteiger partial charge on any atom is -0.296 e. The van der Waals surface area contributed by atoms with E-state index in [0.717, 1.165) is 91.2 Å². The van der Waals surface area contributed by atoms with Crippen LogP contribution in [0.4, 0.5) is 0 Å². The molecular formula is C69H93O3P. The standard InChI is InChI=1S/C69H93O3P/c1-4-7-10-13-16-19-22-43-58-67(61-46-31-25-32-47-61,62-48-33-26-34-49-62)70-73(71-68(63-50-35-27-36-51-63,64-52-37-28-38-53-64)59-44-23-20-17-14-11-8-5-2)72-69(65-54-39-29-40-55-65,66-56-41-30-42-57-66)60-45-24-21-18-15-12-9-6-3/h25-42,46-57H,4-24,43-45,58-60H2,1-3H3. The van der Waals surface area contributed by atoms with Crippen LogP contribution < -0.4 is 0 Å². The van der Waals surface area contributed by atoms with Crippen LogP contribution >= 0.6 is 8.60 Å². The zero-order valence-electron chi connectivity index (χ0n) is 45.6. The van der Waals surface area contributed by atoms with Gasteiger partial charge in [-0.25, -0.2) is 0 Å². The molecule has 0 unspecified atom stereocenters. The fraction of sp³-hybridized carbons (Fsp3) is 0.478. The molecule has 392 valence electrons. The summed E-state index contributed by atoms with van der Waals surface area (Å²) in [5, 5.41) is 0. The van der Waals surface area contributed by atoms with E-state index in [2.05, 4.69) is 203 Å². The normalized spacial score (nSPS) is 12.2. The summed E-state index contributed by atoms with van der Waals surface area (Å²) in [5.41, 5.74) is 4.17. The molecule has 0 heterocycles. The van der Waals surface area contributed by atoms with Gasteiger partial charge >= 0.3 is 8.60 Å². The second-order valence-electron chi connectivity index (χ2n) is 20.8. The van der Waals surface area contributed by atoms with Crippen LogP contribution in [0.5, 0.6) is 0 Å². The number of hydrogen-bond acceptors (Lipinski definition) is 3. The molecule has 6 aromatic rings. The van der Waals surface area contributed by atoms with Crippen LogP contribution in [0.2, 0.25) is 0 Å². The van der Waals surface area contributed by atoms with Crippen molar-refractivity contribution in [2.75, 3.05) is 0 Å². The van der Waals surface area contributed by atoms with Crippen LogP contribution in [0.15, 0.2) is 182 Å². The van der Waals surface area contributed by atoms with Crippen molar-refractivity contribution in [2.45, 2.75) is 211 Å². The first-order valence-electron chi connectivity index (χ1n) is 29.3. The molecule has 0 aliphatic rings. The summed E-state index contributed by atoms with van der Waals surface area (Å²) in [4.78, 5) is 0. The Kier molecular flexibility index (Phi) is 26.6. The van der Waals surface area contributed by atoms with Crippen molar-refractivity contribution in [3.63, 3.8) is 0 Å². The van der Waals surface area contributed by atoms with Gasteiger partial charge in [0.25, 0.3) is 0 Å². The molecule has 0 aliphatic heterocycles. The highest BCUT2D eigenvalue weighted by Crippen LogP contribution is 2.62. The molecule has 0 aliphatic carbocycles. The largest absolute Gasteiger partial charge is 0.336 e. The van der Waals surface area contributed by atoms with Crippen molar-refractivity contribution in [1.29, 1.82) is 0 Å². The van der Waals surface area contributed by atoms with Crippen molar-refractivity contribution < 1.29 is 13.6 Å². The van der Waals surface area contributed by atoms with Crippen molar-refractivity contribution in [3.05, 3.63) is 215 Å². The number of rotatable bonds is 39. The van der Waals surface area contributed by atoms with E-state index in [1.807, 2.05) is 0 Å². The van der Waals surface area contributed by atoms with Gasteiger partial charge in [-0.15, -0.1) is 0 Å². The Morgan fingerprint density at radius 2 is 0.397 bits per heavy atom. The van der Waals surface area contributed by atoms with Crippen molar-refractivity contribution in [1.82, 2.24) is 0 Å². The summed E-state index contributed by atoms with van der Waals surface area (Å²) in [7, 11) is -2.17. The van der Waals surface area contributed by atoms with E-state index in [1.54, 1.807) is 0 Å². The van der Waals surface area contributed by atoms with E-state index in [1.165, 1.54) is 116 Å². The van der Waals surface area contributed by atoms with Crippen molar-refractivity contribution in [3.8, 4) is 0 Å². The minimum atomic E-state index is -2.17. The summed E-state index contributed by atoms with van der Waals surface area (Å²) >= 11 is 0. The van der Waals surface area contributed by atoms with E-state index < -0.39 is 25.4 Å². The molecule has 6 aromatic carbocycles. The van der Waals surface area contributed by atoms with Crippen LogP contribution in [0.25, 0.3) is 0 Å². The third-order valence-corrected chi connectivity index (χ3v) is 16.7. The Labute approximate surface area is 446 Å². The Morgan fingerprint density at radius 1 is 0.233 bits per heavy atom. The lowest BCUT2D eigenvalue weighted by molar-refractivity contribution is -0.0253. The highest BCUT2D eigenvalue weighted by molar-refractivity contribution is 7.41. The van der Waals surface area contributed by atoms with Gasteiger partial charge in [-0.1, -0.05) is 338 Å². The molecule has 0 radical (unpaired) electrons. The lowest BCUT2D eigenvalue weighted by atomic mass is 9.82. The summed E-state index contributed by atoms with van der Waals surface area (Å²) in [6.45, 7) is 6.90. The highest BCUT2D eigenvalue weighted by atomic mass is 31.2. The predicted molar refractivity (Wildman–Crippen MR) is 313 cm³/mol. The van der Waals surface area contributed by atoms with Crippen molar-refractivity contribution in [2.24, 2.45) is 0 Å². The molecule has 4 heteroatoms. The van der Waals surface area contributed by atoms with Crippen molar-refractivity contribution >= 4 is 8.60 Å². The fourth-order valence-corrected chi connectivity index (χ4v) is 12.8. The number of hydrogen-bond donors (Lipinski definition) is 0. The van der Waals surface area contributed by atoms with Gasteiger partial charge in [0, 0.05) is 0 Å². The number of unbranched alkanes of at least 4 members (excludes halogenated alkanes) is 21. The summed E-state index contributed by atoms with van der Waals surface area (Å²) in [6, 6.07) is 66.2. The quantitative estimate of drug-likeness (QED) is 0.0284. The molecule has 0 saturated carbocycles. The van der Waals surface area contributed by atoms with E-state index in [4.69, 9.17) is 13.6 Å². The van der Waals surface area contributed by atoms with Gasteiger partial charge in [0.1, 0.15) is 16.8 Å². The molecule has 0 bridgehead atoms. The maximum atomic E-state index is 8.25. The van der Waals surface area contributed by atoms with Gasteiger partial charge < -0.3 is 0 Å². The third-order valence-electron chi connectivity index (χ3n) is 15.3. The average molecular weight is 1000 g/mol. The molecule has 0 aromatic heterocycles.